The molecule has 1 atom stereocenters. The molecule has 1 aromatic carbocycles. The molecule has 0 saturated carbocycles. The summed E-state index contributed by atoms with van der Waals surface area (Å²) in [7, 11) is 0. The molecule has 0 spiro atoms. The minimum absolute atomic E-state index is 0.202. The van der Waals surface area contributed by atoms with Crippen molar-refractivity contribution in [3.8, 4) is 5.69 Å². The van der Waals surface area contributed by atoms with E-state index in [0.717, 1.165) is 17.1 Å². The van der Waals surface area contributed by atoms with Gasteiger partial charge in [-0.3, -0.25) is 0 Å². The summed E-state index contributed by atoms with van der Waals surface area (Å²) in [5, 5.41) is 3.28. The average molecular weight is 256 g/mol. The van der Waals surface area contributed by atoms with E-state index in [2.05, 4.69) is 9.88 Å². The van der Waals surface area contributed by atoms with E-state index in [4.69, 9.17) is 4.74 Å². The third kappa shape index (κ3) is 2.10. The van der Waals surface area contributed by atoms with Crippen LogP contribution in [-0.4, -0.2) is 23.2 Å². The van der Waals surface area contributed by atoms with Crippen molar-refractivity contribution in [1.29, 1.82) is 0 Å². The Morgan fingerprint density at radius 3 is 3.05 bits per heavy atom. The molecule has 1 aromatic heterocycles. The maximum atomic E-state index is 12.0. The summed E-state index contributed by atoms with van der Waals surface area (Å²) in [4.78, 5) is 12.0. The number of esters is 1. The smallest absolute Gasteiger partial charge is 0.328 e. The van der Waals surface area contributed by atoms with Crippen LogP contribution in [0.25, 0.3) is 5.69 Å². The van der Waals surface area contributed by atoms with Crippen LogP contribution in [0.3, 0.4) is 0 Å². The number of carbonyl (C=O) groups excluding carboxylic acids is 1. The predicted octanol–water partition coefficient (Wildman–Crippen LogP) is 2.38. The lowest BCUT2D eigenvalue weighted by atomic mass is 10.1. The number of carbonyl (C=O) groups is 1. The van der Waals surface area contributed by atoms with Gasteiger partial charge in [0.1, 0.15) is 6.04 Å². The number of hydrogen-bond donors (Lipinski definition) is 1. The van der Waals surface area contributed by atoms with Gasteiger partial charge in [-0.05, 0) is 31.2 Å². The lowest BCUT2D eigenvalue weighted by Crippen LogP contribution is -2.32. The molecule has 2 heterocycles. The number of aromatic nitrogens is 1. The van der Waals surface area contributed by atoms with Crippen molar-refractivity contribution in [3.63, 3.8) is 0 Å². The van der Waals surface area contributed by atoms with Crippen molar-refractivity contribution in [3.05, 3.63) is 48.3 Å². The molecule has 3 rings (SSSR count). The maximum absolute atomic E-state index is 12.0. The molecule has 1 unspecified atom stereocenters. The molecule has 4 nitrogen and oxygen atoms in total. The van der Waals surface area contributed by atoms with E-state index in [1.54, 1.807) is 0 Å². The van der Waals surface area contributed by atoms with Crippen LogP contribution in [0.2, 0.25) is 0 Å². The zero-order valence-electron chi connectivity index (χ0n) is 10.8. The highest BCUT2D eigenvalue weighted by atomic mass is 16.5. The second-order valence-corrected chi connectivity index (χ2v) is 4.54. The van der Waals surface area contributed by atoms with Crippen molar-refractivity contribution >= 4 is 11.7 Å². The van der Waals surface area contributed by atoms with Crippen LogP contribution in [0.1, 0.15) is 12.6 Å². The van der Waals surface area contributed by atoms with Gasteiger partial charge in [-0.25, -0.2) is 4.79 Å². The molecule has 1 aliphatic heterocycles. The normalized spacial score (nSPS) is 16.8. The Balaban J connectivity index is 2.03. The largest absolute Gasteiger partial charge is 0.464 e. The molecule has 1 N–H and O–H groups in total. The molecular weight excluding hydrogens is 240 g/mol. The van der Waals surface area contributed by atoms with Gasteiger partial charge in [-0.1, -0.05) is 12.1 Å². The third-order valence-corrected chi connectivity index (χ3v) is 3.31. The van der Waals surface area contributed by atoms with Crippen molar-refractivity contribution in [2.24, 2.45) is 0 Å². The zero-order valence-corrected chi connectivity index (χ0v) is 10.8. The van der Waals surface area contributed by atoms with Crippen LogP contribution in [0.4, 0.5) is 5.69 Å². The number of nitrogens with one attached hydrogen (secondary N) is 1. The summed E-state index contributed by atoms with van der Waals surface area (Å²) in [6, 6.07) is 11.7. The molecule has 0 bridgehead atoms. The number of para-hydroxylation sites is 2. The first-order valence-corrected chi connectivity index (χ1v) is 6.48. The number of benzene rings is 1. The average Bonchev–Trinajstić information content (AvgIpc) is 2.81. The van der Waals surface area contributed by atoms with Crippen LogP contribution >= 0.6 is 0 Å². The second-order valence-electron chi connectivity index (χ2n) is 4.54. The van der Waals surface area contributed by atoms with Gasteiger partial charge >= 0.3 is 5.97 Å². The monoisotopic (exact) mass is 256 g/mol. The molecule has 0 saturated heterocycles. The van der Waals surface area contributed by atoms with Crippen LogP contribution in [-0.2, 0) is 16.0 Å². The molecule has 19 heavy (non-hydrogen) atoms. The van der Waals surface area contributed by atoms with Gasteiger partial charge < -0.3 is 14.6 Å². The first kappa shape index (κ1) is 11.8. The Hall–Kier alpha value is -2.23. The van der Waals surface area contributed by atoms with E-state index >= 15 is 0 Å². The number of hydrogen-bond acceptors (Lipinski definition) is 3. The molecule has 0 amide bonds. The van der Waals surface area contributed by atoms with E-state index in [-0.39, 0.29) is 12.0 Å². The summed E-state index contributed by atoms with van der Waals surface area (Å²) in [5.41, 5.74) is 3.13. The van der Waals surface area contributed by atoms with Crippen molar-refractivity contribution in [1.82, 2.24) is 4.57 Å². The highest BCUT2D eigenvalue weighted by molar-refractivity contribution is 5.81. The number of fused-ring (bicyclic) bond motifs is 3. The molecule has 0 aliphatic carbocycles. The molecule has 1 aliphatic rings. The van der Waals surface area contributed by atoms with Crippen molar-refractivity contribution in [2.75, 3.05) is 11.9 Å². The van der Waals surface area contributed by atoms with Gasteiger partial charge in [0, 0.05) is 18.3 Å². The summed E-state index contributed by atoms with van der Waals surface area (Å²) in [6.45, 7) is 2.23. The number of nitrogens with zero attached hydrogens (tertiary/aromatic N) is 1. The second kappa shape index (κ2) is 4.80. The predicted molar refractivity (Wildman–Crippen MR) is 73.5 cm³/mol. The molecule has 0 fully saturated rings. The van der Waals surface area contributed by atoms with E-state index in [1.165, 1.54) is 0 Å². The molecular formula is C15H16N2O2. The fourth-order valence-corrected chi connectivity index (χ4v) is 2.46. The van der Waals surface area contributed by atoms with Crippen molar-refractivity contribution < 1.29 is 9.53 Å². The third-order valence-electron chi connectivity index (χ3n) is 3.31. The quantitative estimate of drug-likeness (QED) is 0.839. The Labute approximate surface area is 112 Å². The topological polar surface area (TPSA) is 43.3 Å². The van der Waals surface area contributed by atoms with E-state index in [1.807, 2.05) is 49.5 Å². The van der Waals surface area contributed by atoms with Gasteiger partial charge in [0.25, 0.3) is 0 Å². The Bertz CT molecular complexity index is 604. The fourth-order valence-electron chi connectivity index (χ4n) is 2.46. The van der Waals surface area contributed by atoms with Gasteiger partial charge in [0.2, 0.25) is 0 Å². The van der Waals surface area contributed by atoms with E-state index in [9.17, 15) is 4.79 Å². The molecule has 98 valence electrons. The van der Waals surface area contributed by atoms with Gasteiger partial charge in [-0.15, -0.1) is 0 Å². The minimum atomic E-state index is -0.336. The summed E-state index contributed by atoms with van der Waals surface area (Å²) in [5.74, 6) is -0.202. The van der Waals surface area contributed by atoms with Crippen LogP contribution < -0.4 is 5.32 Å². The SMILES string of the molecule is CCOC(=O)C1Cc2cccn2-c2ccccc2N1. The van der Waals surface area contributed by atoms with Gasteiger partial charge in [0.05, 0.1) is 18.0 Å². The fraction of sp³-hybridized carbons (Fsp3) is 0.267. The van der Waals surface area contributed by atoms with Gasteiger partial charge in [0.15, 0.2) is 0 Å². The lowest BCUT2D eigenvalue weighted by Gasteiger charge is -2.16. The Morgan fingerprint density at radius 2 is 2.21 bits per heavy atom. The van der Waals surface area contributed by atoms with Gasteiger partial charge in [-0.2, -0.15) is 0 Å². The maximum Gasteiger partial charge on any atom is 0.328 e. The molecule has 4 heteroatoms. The van der Waals surface area contributed by atoms with Crippen molar-refractivity contribution in [2.45, 2.75) is 19.4 Å². The summed E-state index contributed by atoms with van der Waals surface area (Å²) >= 11 is 0. The minimum Gasteiger partial charge on any atom is -0.464 e. The highest BCUT2D eigenvalue weighted by Crippen LogP contribution is 2.27. The first-order chi connectivity index (χ1) is 9.29. The highest BCUT2D eigenvalue weighted by Gasteiger charge is 2.25. The standard InChI is InChI=1S/C15H16N2O2/c1-2-19-15(18)13-10-11-6-5-9-17(11)14-8-4-3-7-12(14)16-13/h3-9,13,16H,2,10H2,1H3. The number of ether oxygens (including phenoxy) is 1. The molecule has 2 aromatic rings. The van der Waals surface area contributed by atoms with Crippen LogP contribution in [0.5, 0.6) is 0 Å². The lowest BCUT2D eigenvalue weighted by molar-refractivity contribution is -0.144. The Kier molecular flexibility index (Phi) is 2.99. The zero-order chi connectivity index (χ0) is 13.2. The summed E-state index contributed by atoms with van der Waals surface area (Å²) in [6.07, 6.45) is 2.64. The van der Waals surface area contributed by atoms with Crippen LogP contribution in [0.15, 0.2) is 42.6 Å². The van der Waals surface area contributed by atoms with Crippen LogP contribution in [0, 0.1) is 0 Å². The number of anilines is 1. The first-order valence-electron chi connectivity index (χ1n) is 6.48. The van der Waals surface area contributed by atoms with E-state index < -0.39 is 0 Å². The molecule has 0 radical (unpaired) electrons. The Morgan fingerprint density at radius 1 is 1.37 bits per heavy atom. The number of rotatable bonds is 2. The van der Waals surface area contributed by atoms with E-state index in [0.29, 0.717) is 13.0 Å². The summed E-state index contributed by atoms with van der Waals surface area (Å²) < 4.78 is 7.25.